The van der Waals surface area contributed by atoms with E-state index in [2.05, 4.69) is 30.5 Å². The highest BCUT2D eigenvalue weighted by molar-refractivity contribution is 9.08. The molecule has 2 rings (SSSR count). The summed E-state index contributed by atoms with van der Waals surface area (Å²) < 4.78 is 57.6. The number of hydrogen-bond acceptors (Lipinski definition) is 3. The van der Waals surface area contributed by atoms with E-state index < -0.39 is 23.4 Å². The average molecular weight is 309 g/mol. The number of halogens is 4. The van der Waals surface area contributed by atoms with E-state index in [9.17, 15) is 13.2 Å². The molecular weight excluding hydrogens is 301 g/mol. The number of aromatic nitrogens is 2. The second-order valence-corrected chi connectivity index (χ2v) is 3.43. The molecule has 90 valence electrons. The highest BCUT2D eigenvalue weighted by Gasteiger charge is 2.17. The van der Waals surface area contributed by atoms with Crippen molar-refractivity contribution in [2.24, 2.45) is 0 Å². The first-order chi connectivity index (χ1) is 8.79. The van der Waals surface area contributed by atoms with Crippen LogP contribution in [0.4, 0.5) is 13.2 Å². The summed E-state index contributed by atoms with van der Waals surface area (Å²) in [5.41, 5.74) is -0.123. The zero-order chi connectivity index (χ0) is 14.2. The standard InChI is InChI=1S/C10H6BrF3N2O/c11-4-6-2-1-5(3-7(6)12)9-15-16-10(17-9)8(13)14/h1-3,8H,4H2/i4D2. The first-order valence-electron chi connectivity index (χ1n) is 5.40. The van der Waals surface area contributed by atoms with Gasteiger partial charge in [0, 0.05) is 13.6 Å². The lowest BCUT2D eigenvalue weighted by atomic mass is 10.1. The summed E-state index contributed by atoms with van der Waals surface area (Å²) in [6, 6.07) is 3.42. The fourth-order valence-corrected chi connectivity index (χ4v) is 1.49. The lowest BCUT2D eigenvalue weighted by molar-refractivity contribution is 0.116. The van der Waals surface area contributed by atoms with E-state index in [-0.39, 0.29) is 17.0 Å². The summed E-state index contributed by atoms with van der Waals surface area (Å²) in [5.74, 6) is -1.96. The summed E-state index contributed by atoms with van der Waals surface area (Å²) in [7, 11) is 0. The van der Waals surface area contributed by atoms with Gasteiger partial charge in [-0.15, -0.1) is 10.2 Å². The van der Waals surface area contributed by atoms with E-state index in [1.54, 1.807) is 0 Å². The summed E-state index contributed by atoms with van der Waals surface area (Å²) in [6.45, 7) is 0. The third-order valence-electron chi connectivity index (χ3n) is 1.95. The van der Waals surface area contributed by atoms with E-state index in [0.29, 0.717) is 0 Å². The molecule has 0 N–H and O–H groups in total. The van der Waals surface area contributed by atoms with Gasteiger partial charge in [-0.25, -0.2) is 4.39 Å². The normalized spacial score (nSPS) is 13.7. The number of benzene rings is 1. The van der Waals surface area contributed by atoms with Gasteiger partial charge < -0.3 is 4.42 Å². The zero-order valence-corrected chi connectivity index (χ0v) is 9.71. The van der Waals surface area contributed by atoms with Crippen LogP contribution in [0.1, 0.15) is 20.6 Å². The summed E-state index contributed by atoms with van der Waals surface area (Å²) >= 11 is 2.68. The molecule has 1 aromatic heterocycles. The van der Waals surface area contributed by atoms with Crippen LogP contribution in [0.3, 0.4) is 0 Å². The molecule has 2 aromatic rings. The Morgan fingerprint density at radius 1 is 1.41 bits per heavy atom. The highest BCUT2D eigenvalue weighted by atomic mass is 79.9. The molecule has 0 fully saturated rings. The Hall–Kier alpha value is -1.37. The minimum absolute atomic E-state index is 0.0948. The van der Waals surface area contributed by atoms with Crippen LogP contribution < -0.4 is 0 Å². The van der Waals surface area contributed by atoms with Gasteiger partial charge in [-0.1, -0.05) is 22.0 Å². The van der Waals surface area contributed by atoms with Crippen molar-refractivity contribution in [3.63, 3.8) is 0 Å². The van der Waals surface area contributed by atoms with Crippen molar-refractivity contribution in [2.45, 2.75) is 11.7 Å². The Bertz CT molecular complexity index is 601. The van der Waals surface area contributed by atoms with Crippen molar-refractivity contribution in [1.82, 2.24) is 10.2 Å². The topological polar surface area (TPSA) is 38.9 Å². The van der Waals surface area contributed by atoms with Gasteiger partial charge in [-0.2, -0.15) is 8.78 Å². The van der Waals surface area contributed by atoms with Crippen LogP contribution in [-0.4, -0.2) is 10.2 Å². The molecule has 3 nitrogen and oxygen atoms in total. The predicted octanol–water partition coefficient (Wildman–Crippen LogP) is 3.71. The first kappa shape index (κ1) is 9.64. The molecular formula is C10H6BrF3N2O. The lowest BCUT2D eigenvalue weighted by Crippen LogP contribution is -1.87. The fourth-order valence-electron chi connectivity index (χ4n) is 1.16. The molecule has 0 unspecified atom stereocenters. The number of alkyl halides is 3. The van der Waals surface area contributed by atoms with Crippen LogP contribution in [0.15, 0.2) is 22.6 Å². The molecule has 7 heteroatoms. The van der Waals surface area contributed by atoms with Crippen molar-refractivity contribution >= 4 is 15.9 Å². The largest absolute Gasteiger partial charge is 0.415 e. The van der Waals surface area contributed by atoms with Crippen LogP contribution in [0, 0.1) is 5.82 Å². The van der Waals surface area contributed by atoms with E-state index in [4.69, 9.17) is 2.74 Å². The minimum atomic E-state index is -2.90. The van der Waals surface area contributed by atoms with E-state index in [0.717, 1.165) is 6.07 Å². The SMILES string of the molecule is [2H]C([2H])(Br)c1ccc(-c2nnc(C(F)F)o2)cc1F. The van der Waals surface area contributed by atoms with Crippen molar-refractivity contribution in [2.75, 3.05) is 0 Å². The molecule has 0 aliphatic rings. The first-order valence-corrected chi connectivity index (χ1v) is 5.19. The predicted molar refractivity (Wildman–Crippen MR) is 57.3 cm³/mol. The van der Waals surface area contributed by atoms with Crippen molar-refractivity contribution in [3.8, 4) is 11.5 Å². The van der Waals surface area contributed by atoms with Crippen molar-refractivity contribution in [3.05, 3.63) is 35.5 Å². The number of rotatable bonds is 3. The van der Waals surface area contributed by atoms with Gasteiger partial charge in [0.05, 0.1) is 0 Å². The molecule has 17 heavy (non-hydrogen) atoms. The van der Waals surface area contributed by atoms with Crippen LogP contribution in [0.2, 0.25) is 0 Å². The maximum atomic E-state index is 13.7. The maximum Gasteiger partial charge on any atom is 0.314 e. The summed E-state index contributed by atoms with van der Waals surface area (Å²) in [4.78, 5) is 0. The minimum Gasteiger partial charge on any atom is -0.415 e. The Kier molecular flexibility index (Phi) is 2.76. The Labute approximate surface area is 106 Å². The average Bonchev–Trinajstić information content (AvgIpc) is 2.76. The molecule has 0 amide bonds. The molecule has 1 heterocycles. The van der Waals surface area contributed by atoms with Crippen LogP contribution in [0.5, 0.6) is 0 Å². The molecule has 0 bridgehead atoms. The van der Waals surface area contributed by atoms with Gasteiger partial charge in [0.2, 0.25) is 5.89 Å². The monoisotopic (exact) mass is 308 g/mol. The molecule has 0 saturated heterocycles. The molecule has 0 saturated carbocycles. The molecule has 0 radical (unpaired) electrons. The van der Waals surface area contributed by atoms with Crippen LogP contribution in [-0.2, 0) is 5.28 Å². The second-order valence-electron chi connectivity index (χ2n) is 3.04. The summed E-state index contributed by atoms with van der Waals surface area (Å²) in [5, 5.41) is 4.46. The van der Waals surface area contributed by atoms with Crippen molar-refractivity contribution in [1.29, 1.82) is 0 Å². The lowest BCUT2D eigenvalue weighted by Gasteiger charge is -2.00. The molecule has 1 aromatic carbocycles. The number of hydrogen-bond donors (Lipinski definition) is 0. The molecule has 0 aliphatic heterocycles. The third-order valence-corrected chi connectivity index (χ3v) is 2.37. The van der Waals surface area contributed by atoms with Crippen molar-refractivity contribution < 1.29 is 20.3 Å². The highest BCUT2D eigenvalue weighted by Crippen LogP contribution is 2.25. The van der Waals surface area contributed by atoms with Crippen LogP contribution >= 0.6 is 15.9 Å². The van der Waals surface area contributed by atoms with E-state index in [1.807, 2.05) is 0 Å². The Balaban J connectivity index is 2.39. The smallest absolute Gasteiger partial charge is 0.314 e. The molecule has 0 aliphatic carbocycles. The Morgan fingerprint density at radius 3 is 2.71 bits per heavy atom. The molecule has 0 spiro atoms. The Morgan fingerprint density at radius 2 is 2.18 bits per heavy atom. The quantitative estimate of drug-likeness (QED) is 0.811. The van der Waals surface area contributed by atoms with Gasteiger partial charge >= 0.3 is 6.43 Å². The number of nitrogens with zero attached hydrogens (tertiary/aromatic N) is 2. The van der Waals surface area contributed by atoms with Gasteiger partial charge in [0.15, 0.2) is 0 Å². The van der Waals surface area contributed by atoms with Crippen LogP contribution in [0.25, 0.3) is 11.5 Å². The van der Waals surface area contributed by atoms with Gasteiger partial charge in [-0.05, 0) is 17.7 Å². The third kappa shape index (κ3) is 2.49. The van der Waals surface area contributed by atoms with E-state index in [1.165, 1.54) is 12.1 Å². The fraction of sp³-hybridized carbons (Fsp3) is 0.200. The molecule has 0 atom stereocenters. The van der Waals surface area contributed by atoms with E-state index >= 15 is 0 Å². The van der Waals surface area contributed by atoms with Gasteiger partial charge in [0.1, 0.15) is 5.82 Å². The van der Waals surface area contributed by atoms with Gasteiger partial charge in [0.25, 0.3) is 5.89 Å². The van der Waals surface area contributed by atoms with Gasteiger partial charge in [-0.3, -0.25) is 0 Å². The zero-order valence-electron chi connectivity index (χ0n) is 10.1. The second kappa shape index (κ2) is 4.87. The summed E-state index contributed by atoms with van der Waals surface area (Å²) in [6.07, 6.45) is -2.90. The maximum absolute atomic E-state index is 13.7.